The van der Waals surface area contributed by atoms with E-state index in [-0.39, 0.29) is 11.9 Å². The smallest absolute Gasteiger partial charge is 0.219 e. The first-order valence-corrected chi connectivity index (χ1v) is 8.54. The van der Waals surface area contributed by atoms with Crippen molar-refractivity contribution in [2.24, 2.45) is 0 Å². The standard InChI is InChI=1S/C18H21N5O/c1-12(24)23-10-8-13(11-23)20-17-14-5-4-7-15(14)21-18(22-17)16-6-2-3-9-19-16/h2-3,6,9,13H,4-5,7-8,10-11H2,1H3,(H,20,21,22). The molecule has 1 atom stereocenters. The van der Waals surface area contributed by atoms with Crippen LogP contribution in [0.5, 0.6) is 0 Å². The maximum Gasteiger partial charge on any atom is 0.219 e. The number of carbonyl (C=O) groups excluding carboxylic acids is 1. The van der Waals surface area contributed by atoms with Crippen molar-refractivity contribution in [3.8, 4) is 11.5 Å². The maximum atomic E-state index is 11.5. The van der Waals surface area contributed by atoms with E-state index >= 15 is 0 Å². The Morgan fingerprint density at radius 3 is 2.96 bits per heavy atom. The Morgan fingerprint density at radius 2 is 2.21 bits per heavy atom. The van der Waals surface area contributed by atoms with Crippen LogP contribution in [-0.2, 0) is 17.6 Å². The van der Waals surface area contributed by atoms with E-state index < -0.39 is 0 Å². The predicted octanol–water partition coefficient (Wildman–Crippen LogP) is 2.06. The SMILES string of the molecule is CC(=O)N1CCC(Nc2nc(-c3ccccn3)nc3c2CCC3)C1. The van der Waals surface area contributed by atoms with Crippen molar-refractivity contribution in [3.05, 3.63) is 35.7 Å². The highest BCUT2D eigenvalue weighted by atomic mass is 16.2. The Labute approximate surface area is 141 Å². The summed E-state index contributed by atoms with van der Waals surface area (Å²) in [5.41, 5.74) is 3.16. The summed E-state index contributed by atoms with van der Waals surface area (Å²) in [4.78, 5) is 27.3. The highest BCUT2D eigenvalue weighted by Crippen LogP contribution is 2.29. The molecule has 0 aromatic carbocycles. The summed E-state index contributed by atoms with van der Waals surface area (Å²) in [6, 6.07) is 6.04. The van der Waals surface area contributed by atoms with Gasteiger partial charge in [-0.05, 0) is 37.8 Å². The van der Waals surface area contributed by atoms with Gasteiger partial charge in [-0.3, -0.25) is 9.78 Å². The summed E-state index contributed by atoms with van der Waals surface area (Å²) in [7, 11) is 0. The van der Waals surface area contributed by atoms with Gasteiger partial charge in [-0.2, -0.15) is 0 Å². The van der Waals surface area contributed by atoms with Crippen LogP contribution >= 0.6 is 0 Å². The lowest BCUT2D eigenvalue weighted by Gasteiger charge is -2.18. The van der Waals surface area contributed by atoms with E-state index in [4.69, 9.17) is 9.97 Å². The number of likely N-dealkylation sites (tertiary alicyclic amines) is 1. The van der Waals surface area contributed by atoms with E-state index in [0.29, 0.717) is 5.82 Å². The number of nitrogens with one attached hydrogen (secondary N) is 1. The summed E-state index contributed by atoms with van der Waals surface area (Å²) in [5.74, 6) is 1.75. The van der Waals surface area contributed by atoms with Crippen LogP contribution in [0.15, 0.2) is 24.4 Å². The molecule has 0 saturated carbocycles. The van der Waals surface area contributed by atoms with Crippen molar-refractivity contribution in [3.63, 3.8) is 0 Å². The zero-order chi connectivity index (χ0) is 16.5. The third kappa shape index (κ3) is 2.84. The van der Waals surface area contributed by atoms with Gasteiger partial charge in [0, 0.05) is 43.5 Å². The zero-order valence-electron chi connectivity index (χ0n) is 13.8. The van der Waals surface area contributed by atoms with Crippen LogP contribution in [-0.4, -0.2) is 44.9 Å². The van der Waals surface area contributed by atoms with Gasteiger partial charge in [0.15, 0.2) is 5.82 Å². The van der Waals surface area contributed by atoms with E-state index in [1.165, 1.54) is 5.56 Å². The summed E-state index contributed by atoms with van der Waals surface area (Å²) >= 11 is 0. The third-order valence-corrected chi connectivity index (χ3v) is 4.80. The molecule has 6 nitrogen and oxygen atoms in total. The molecule has 2 aromatic rings. The third-order valence-electron chi connectivity index (χ3n) is 4.80. The zero-order valence-corrected chi connectivity index (χ0v) is 13.8. The molecule has 6 heteroatoms. The minimum absolute atomic E-state index is 0.140. The number of aryl methyl sites for hydroxylation is 1. The fourth-order valence-electron chi connectivity index (χ4n) is 3.52. The number of hydrogen-bond acceptors (Lipinski definition) is 5. The largest absolute Gasteiger partial charge is 0.365 e. The molecular weight excluding hydrogens is 302 g/mol. The Kier molecular flexibility index (Phi) is 3.88. The number of aromatic nitrogens is 3. The van der Waals surface area contributed by atoms with Gasteiger partial charge in [0.1, 0.15) is 11.5 Å². The number of fused-ring (bicyclic) bond motifs is 1. The van der Waals surface area contributed by atoms with E-state index in [9.17, 15) is 4.79 Å². The van der Waals surface area contributed by atoms with Gasteiger partial charge in [0.2, 0.25) is 5.91 Å². The van der Waals surface area contributed by atoms with Gasteiger partial charge in [-0.25, -0.2) is 9.97 Å². The maximum absolute atomic E-state index is 11.5. The normalized spacial score (nSPS) is 19.4. The van der Waals surface area contributed by atoms with Crippen LogP contribution in [0.4, 0.5) is 5.82 Å². The molecule has 2 aliphatic rings. The number of anilines is 1. The van der Waals surface area contributed by atoms with Gasteiger partial charge in [0.25, 0.3) is 0 Å². The summed E-state index contributed by atoms with van der Waals surface area (Å²) in [5, 5.41) is 3.56. The molecule has 1 N–H and O–H groups in total. The molecule has 1 aliphatic carbocycles. The molecule has 0 radical (unpaired) electrons. The molecule has 4 rings (SSSR count). The number of carbonyl (C=O) groups is 1. The van der Waals surface area contributed by atoms with Crippen LogP contribution in [0.25, 0.3) is 11.5 Å². The van der Waals surface area contributed by atoms with Crippen molar-refractivity contribution in [1.82, 2.24) is 19.9 Å². The van der Waals surface area contributed by atoms with Gasteiger partial charge >= 0.3 is 0 Å². The van der Waals surface area contributed by atoms with Crippen LogP contribution in [0.3, 0.4) is 0 Å². The molecule has 0 spiro atoms. The van der Waals surface area contributed by atoms with E-state index in [2.05, 4.69) is 10.3 Å². The molecule has 124 valence electrons. The Balaban J connectivity index is 1.63. The number of rotatable bonds is 3. The van der Waals surface area contributed by atoms with Gasteiger partial charge in [-0.1, -0.05) is 6.07 Å². The highest BCUT2D eigenvalue weighted by molar-refractivity contribution is 5.73. The summed E-state index contributed by atoms with van der Waals surface area (Å²) in [6.45, 7) is 3.18. The van der Waals surface area contributed by atoms with Gasteiger partial charge in [0.05, 0.1) is 0 Å². The lowest BCUT2D eigenvalue weighted by molar-refractivity contribution is -0.127. The molecule has 1 amide bonds. The Bertz CT molecular complexity index is 762. The second kappa shape index (κ2) is 6.19. The molecular formula is C18H21N5O. The predicted molar refractivity (Wildman–Crippen MR) is 91.6 cm³/mol. The number of amides is 1. The molecule has 1 saturated heterocycles. The molecule has 0 bridgehead atoms. The highest BCUT2D eigenvalue weighted by Gasteiger charge is 2.27. The van der Waals surface area contributed by atoms with Crippen molar-refractivity contribution in [2.75, 3.05) is 18.4 Å². The second-order valence-corrected chi connectivity index (χ2v) is 6.48. The van der Waals surface area contributed by atoms with Crippen LogP contribution < -0.4 is 5.32 Å². The first-order valence-electron chi connectivity index (χ1n) is 8.54. The van der Waals surface area contributed by atoms with Crippen LogP contribution in [0.1, 0.15) is 31.0 Å². The first-order chi connectivity index (χ1) is 11.7. The molecule has 3 heterocycles. The minimum Gasteiger partial charge on any atom is -0.365 e. The van der Waals surface area contributed by atoms with Gasteiger partial charge in [-0.15, -0.1) is 0 Å². The number of hydrogen-bond donors (Lipinski definition) is 1. The average molecular weight is 323 g/mol. The molecule has 1 fully saturated rings. The Morgan fingerprint density at radius 1 is 1.29 bits per heavy atom. The van der Waals surface area contributed by atoms with Crippen molar-refractivity contribution < 1.29 is 4.79 Å². The first kappa shape index (κ1) is 15.1. The summed E-state index contributed by atoms with van der Waals surface area (Å²) in [6.07, 6.45) is 5.85. The minimum atomic E-state index is 0.140. The van der Waals surface area contributed by atoms with E-state index in [1.807, 2.05) is 23.1 Å². The van der Waals surface area contributed by atoms with Crippen molar-refractivity contribution in [2.45, 2.75) is 38.6 Å². The van der Waals surface area contributed by atoms with Gasteiger partial charge < -0.3 is 10.2 Å². The van der Waals surface area contributed by atoms with E-state index in [1.54, 1.807) is 13.1 Å². The van der Waals surface area contributed by atoms with Crippen molar-refractivity contribution in [1.29, 1.82) is 0 Å². The molecule has 2 aromatic heterocycles. The van der Waals surface area contributed by atoms with Crippen LogP contribution in [0.2, 0.25) is 0 Å². The van der Waals surface area contributed by atoms with Crippen LogP contribution in [0, 0.1) is 0 Å². The van der Waals surface area contributed by atoms with E-state index in [0.717, 1.165) is 56.0 Å². The quantitative estimate of drug-likeness (QED) is 0.936. The van der Waals surface area contributed by atoms with Crippen molar-refractivity contribution >= 4 is 11.7 Å². The molecule has 1 aliphatic heterocycles. The Hall–Kier alpha value is -2.50. The number of pyridine rings is 1. The second-order valence-electron chi connectivity index (χ2n) is 6.48. The monoisotopic (exact) mass is 323 g/mol. The fraction of sp³-hybridized carbons (Fsp3) is 0.444. The lowest BCUT2D eigenvalue weighted by atomic mass is 10.2. The average Bonchev–Trinajstić information content (AvgIpc) is 3.24. The fourth-order valence-corrected chi connectivity index (χ4v) is 3.52. The lowest BCUT2D eigenvalue weighted by Crippen LogP contribution is -2.30. The summed E-state index contributed by atoms with van der Waals surface area (Å²) < 4.78 is 0. The molecule has 1 unspecified atom stereocenters. The number of nitrogens with zero attached hydrogens (tertiary/aromatic N) is 4. The topological polar surface area (TPSA) is 71.0 Å². The molecule has 24 heavy (non-hydrogen) atoms.